The zero-order valence-electron chi connectivity index (χ0n) is 12.2. The fourth-order valence-corrected chi connectivity index (χ4v) is 2.77. The highest BCUT2D eigenvalue weighted by atomic mass is 16.5. The molecule has 0 radical (unpaired) electrons. The number of fused-ring (bicyclic) bond motifs is 1. The summed E-state index contributed by atoms with van der Waals surface area (Å²) >= 11 is 0. The van der Waals surface area contributed by atoms with Gasteiger partial charge in [-0.25, -0.2) is 4.52 Å². The second-order valence-corrected chi connectivity index (χ2v) is 6.15. The van der Waals surface area contributed by atoms with Crippen molar-refractivity contribution in [3.05, 3.63) is 42.5 Å². The third-order valence-electron chi connectivity index (χ3n) is 4.05. The molecule has 110 valence electrons. The molecule has 6 heteroatoms. The SMILES string of the molecule is CC1(Cn2cc(-c3ccc4c(C#N)cnn4c3)cn2)COC1. The molecule has 3 aromatic heterocycles. The van der Waals surface area contributed by atoms with Gasteiger partial charge in [0.25, 0.3) is 0 Å². The van der Waals surface area contributed by atoms with Crippen LogP contribution in [0.1, 0.15) is 12.5 Å². The number of nitrogens with zero attached hydrogens (tertiary/aromatic N) is 5. The minimum absolute atomic E-state index is 0.191. The topological polar surface area (TPSA) is 68.1 Å². The lowest BCUT2D eigenvalue weighted by Crippen LogP contribution is -2.43. The monoisotopic (exact) mass is 293 g/mol. The number of hydrogen-bond donors (Lipinski definition) is 0. The van der Waals surface area contributed by atoms with Crippen LogP contribution in [0.15, 0.2) is 36.9 Å². The molecule has 1 fully saturated rings. The number of rotatable bonds is 3. The fraction of sp³-hybridized carbons (Fsp3) is 0.312. The lowest BCUT2D eigenvalue weighted by Gasteiger charge is -2.37. The predicted octanol–water partition coefficient (Wildman–Crippen LogP) is 2.11. The van der Waals surface area contributed by atoms with Crippen LogP contribution < -0.4 is 0 Å². The lowest BCUT2D eigenvalue weighted by molar-refractivity contribution is -0.111. The number of aromatic nitrogens is 4. The number of hydrogen-bond acceptors (Lipinski definition) is 4. The summed E-state index contributed by atoms with van der Waals surface area (Å²) in [5.74, 6) is 0. The summed E-state index contributed by atoms with van der Waals surface area (Å²) in [4.78, 5) is 0. The van der Waals surface area contributed by atoms with Crippen molar-refractivity contribution in [2.45, 2.75) is 13.5 Å². The molecular formula is C16H15N5O. The summed E-state index contributed by atoms with van der Waals surface area (Å²) in [6, 6.07) is 6.05. The van der Waals surface area contributed by atoms with Crippen LogP contribution in [0.2, 0.25) is 0 Å². The van der Waals surface area contributed by atoms with E-state index in [2.05, 4.69) is 23.2 Å². The molecule has 4 rings (SSSR count). The first-order valence-electron chi connectivity index (χ1n) is 7.15. The molecule has 6 nitrogen and oxygen atoms in total. The molecule has 22 heavy (non-hydrogen) atoms. The van der Waals surface area contributed by atoms with Crippen molar-refractivity contribution in [2.24, 2.45) is 5.41 Å². The van der Waals surface area contributed by atoms with E-state index in [1.54, 1.807) is 10.7 Å². The molecule has 0 amide bonds. The van der Waals surface area contributed by atoms with Crippen molar-refractivity contribution in [1.82, 2.24) is 19.4 Å². The molecule has 1 saturated heterocycles. The number of ether oxygens (including phenoxy) is 1. The van der Waals surface area contributed by atoms with Gasteiger partial charge in [-0.15, -0.1) is 0 Å². The van der Waals surface area contributed by atoms with Gasteiger partial charge in [0.1, 0.15) is 6.07 Å². The van der Waals surface area contributed by atoms with Crippen LogP contribution in [0, 0.1) is 16.7 Å². The molecule has 0 spiro atoms. The van der Waals surface area contributed by atoms with Crippen LogP contribution in [0.4, 0.5) is 0 Å². The average molecular weight is 293 g/mol. The van der Waals surface area contributed by atoms with Crippen LogP contribution >= 0.6 is 0 Å². The summed E-state index contributed by atoms with van der Waals surface area (Å²) in [6.45, 7) is 4.64. The Morgan fingerprint density at radius 1 is 1.23 bits per heavy atom. The molecule has 0 aromatic carbocycles. The van der Waals surface area contributed by atoms with Crippen LogP contribution in [0.25, 0.3) is 16.6 Å². The Morgan fingerprint density at radius 3 is 2.82 bits per heavy atom. The van der Waals surface area contributed by atoms with Gasteiger partial charge in [-0.2, -0.15) is 15.5 Å². The van der Waals surface area contributed by atoms with Gasteiger partial charge in [0, 0.05) is 28.9 Å². The molecule has 3 aromatic rings. The molecule has 1 aliphatic heterocycles. The van der Waals surface area contributed by atoms with E-state index < -0.39 is 0 Å². The van der Waals surface area contributed by atoms with Crippen molar-refractivity contribution in [3.63, 3.8) is 0 Å². The van der Waals surface area contributed by atoms with Gasteiger partial charge in [-0.05, 0) is 6.07 Å². The second-order valence-electron chi connectivity index (χ2n) is 6.15. The highest BCUT2D eigenvalue weighted by Gasteiger charge is 2.34. The van der Waals surface area contributed by atoms with E-state index in [4.69, 9.17) is 10.00 Å². The highest BCUT2D eigenvalue weighted by molar-refractivity contribution is 5.67. The van der Waals surface area contributed by atoms with Crippen LogP contribution in [-0.4, -0.2) is 32.6 Å². The zero-order chi connectivity index (χ0) is 15.2. The summed E-state index contributed by atoms with van der Waals surface area (Å²) in [6.07, 6.45) is 7.41. The molecule has 1 aliphatic rings. The van der Waals surface area contributed by atoms with Crippen molar-refractivity contribution in [1.29, 1.82) is 5.26 Å². The Hall–Kier alpha value is -2.65. The molecule has 0 aliphatic carbocycles. The molecule has 0 atom stereocenters. The molecule has 4 heterocycles. The Balaban J connectivity index is 1.64. The molecule has 0 saturated carbocycles. The molecular weight excluding hydrogens is 278 g/mol. The van der Waals surface area contributed by atoms with Gasteiger partial charge in [0.15, 0.2) is 0 Å². The standard InChI is InChI=1S/C16H15N5O/c1-16(10-22-11-16)9-20-7-14(6-18-20)12-2-3-15-13(4-17)5-19-21(15)8-12/h2-3,5-8H,9-11H2,1H3. The van der Waals surface area contributed by atoms with Gasteiger partial charge in [0.05, 0.1) is 43.2 Å². The smallest absolute Gasteiger partial charge is 0.103 e. The first kappa shape index (κ1) is 13.0. The summed E-state index contributed by atoms with van der Waals surface area (Å²) < 4.78 is 8.98. The van der Waals surface area contributed by atoms with E-state index in [1.807, 2.05) is 35.4 Å². The van der Waals surface area contributed by atoms with Crippen molar-refractivity contribution < 1.29 is 4.74 Å². The summed E-state index contributed by atoms with van der Waals surface area (Å²) in [5, 5.41) is 17.7. The fourth-order valence-electron chi connectivity index (χ4n) is 2.77. The third-order valence-corrected chi connectivity index (χ3v) is 4.05. The third kappa shape index (κ3) is 2.07. The van der Waals surface area contributed by atoms with E-state index >= 15 is 0 Å². The summed E-state index contributed by atoms with van der Waals surface area (Å²) in [7, 11) is 0. The van der Waals surface area contributed by atoms with Gasteiger partial charge < -0.3 is 4.74 Å². The number of nitriles is 1. The van der Waals surface area contributed by atoms with Gasteiger partial charge in [-0.3, -0.25) is 4.68 Å². The average Bonchev–Trinajstić information content (AvgIpc) is 3.11. The highest BCUT2D eigenvalue weighted by Crippen LogP contribution is 2.29. The van der Waals surface area contributed by atoms with Gasteiger partial charge >= 0.3 is 0 Å². The van der Waals surface area contributed by atoms with E-state index in [0.29, 0.717) is 5.56 Å². The Labute approximate surface area is 127 Å². The first-order chi connectivity index (χ1) is 10.7. The quantitative estimate of drug-likeness (QED) is 0.741. The van der Waals surface area contributed by atoms with Crippen molar-refractivity contribution in [2.75, 3.05) is 13.2 Å². The van der Waals surface area contributed by atoms with E-state index in [1.165, 1.54) is 0 Å². The van der Waals surface area contributed by atoms with Crippen LogP contribution in [0.5, 0.6) is 0 Å². The van der Waals surface area contributed by atoms with Crippen LogP contribution in [0.3, 0.4) is 0 Å². The molecule has 0 unspecified atom stereocenters. The van der Waals surface area contributed by atoms with Crippen molar-refractivity contribution in [3.8, 4) is 17.2 Å². The molecule has 0 N–H and O–H groups in total. The van der Waals surface area contributed by atoms with E-state index in [0.717, 1.165) is 36.4 Å². The van der Waals surface area contributed by atoms with E-state index in [-0.39, 0.29) is 5.41 Å². The minimum atomic E-state index is 0.191. The van der Waals surface area contributed by atoms with Gasteiger partial charge in [-0.1, -0.05) is 13.0 Å². The predicted molar refractivity (Wildman–Crippen MR) is 80.1 cm³/mol. The zero-order valence-corrected chi connectivity index (χ0v) is 12.2. The normalized spacial score (nSPS) is 16.4. The Bertz CT molecular complexity index is 881. The Morgan fingerprint density at radius 2 is 2.09 bits per heavy atom. The van der Waals surface area contributed by atoms with Crippen molar-refractivity contribution >= 4 is 5.52 Å². The largest absolute Gasteiger partial charge is 0.380 e. The minimum Gasteiger partial charge on any atom is -0.380 e. The second kappa shape index (κ2) is 4.68. The maximum atomic E-state index is 9.02. The van der Waals surface area contributed by atoms with Crippen LogP contribution in [-0.2, 0) is 11.3 Å². The first-order valence-corrected chi connectivity index (χ1v) is 7.15. The Kier molecular flexibility index (Phi) is 2.78. The maximum absolute atomic E-state index is 9.02. The van der Waals surface area contributed by atoms with Gasteiger partial charge in [0.2, 0.25) is 0 Å². The summed E-state index contributed by atoms with van der Waals surface area (Å²) in [5.41, 5.74) is 3.66. The number of pyridine rings is 1. The maximum Gasteiger partial charge on any atom is 0.103 e. The van der Waals surface area contributed by atoms with E-state index in [9.17, 15) is 0 Å². The lowest BCUT2D eigenvalue weighted by atomic mass is 9.89. The molecule has 0 bridgehead atoms.